The number of hydrogen-bond donors (Lipinski definition) is 0. The summed E-state index contributed by atoms with van der Waals surface area (Å²) >= 11 is 3.22. The molecule has 1 rings (SSSR count). The zero-order valence-corrected chi connectivity index (χ0v) is 12.5. The van der Waals surface area contributed by atoms with Crippen molar-refractivity contribution in [2.45, 2.75) is 19.9 Å². The third-order valence-corrected chi connectivity index (χ3v) is 3.30. The minimum absolute atomic E-state index is 0.0738. The monoisotopic (exact) mass is 330 g/mol. The minimum atomic E-state index is -0.513. The molecule has 0 aromatic heterocycles. The Bertz CT molecular complexity index is 491. The molecule has 1 aromatic carbocycles. The maximum atomic E-state index is 11.7. The van der Waals surface area contributed by atoms with Crippen LogP contribution in [0.4, 0.5) is 5.69 Å². The summed E-state index contributed by atoms with van der Waals surface area (Å²) in [4.78, 5) is 23.4. The van der Waals surface area contributed by atoms with E-state index in [1.165, 1.54) is 18.2 Å². The number of nitro groups is 1. The van der Waals surface area contributed by atoms with Gasteiger partial charge in [-0.15, -0.1) is 0 Å². The second-order valence-corrected chi connectivity index (χ2v) is 5.11. The van der Waals surface area contributed by atoms with Crippen LogP contribution >= 0.6 is 15.9 Å². The Kier molecular flexibility index (Phi) is 5.29. The molecular formula is C12H15BrN2O4. The predicted molar refractivity (Wildman–Crippen MR) is 74.2 cm³/mol. The number of hydrogen-bond acceptors (Lipinski definition) is 4. The van der Waals surface area contributed by atoms with E-state index in [2.05, 4.69) is 15.9 Å². The van der Waals surface area contributed by atoms with Gasteiger partial charge in [-0.25, -0.2) is 0 Å². The van der Waals surface area contributed by atoms with Crippen molar-refractivity contribution in [3.63, 3.8) is 0 Å². The number of amides is 1. The van der Waals surface area contributed by atoms with E-state index in [1.54, 1.807) is 11.9 Å². The molecule has 0 bridgehead atoms. The first-order valence-corrected chi connectivity index (χ1v) is 6.44. The number of carbonyl (C=O) groups excluding carboxylic acids is 1. The number of nitrogens with zero attached hydrogens (tertiary/aromatic N) is 2. The van der Waals surface area contributed by atoms with Gasteiger partial charge in [-0.3, -0.25) is 14.9 Å². The highest BCUT2D eigenvalue weighted by atomic mass is 79.9. The Balaban J connectivity index is 2.75. The molecule has 0 atom stereocenters. The lowest BCUT2D eigenvalue weighted by molar-refractivity contribution is -0.385. The first-order chi connectivity index (χ1) is 8.82. The van der Waals surface area contributed by atoms with Crippen LogP contribution in [0.15, 0.2) is 22.7 Å². The molecule has 1 aromatic rings. The fourth-order valence-electron chi connectivity index (χ4n) is 1.25. The first kappa shape index (κ1) is 15.4. The van der Waals surface area contributed by atoms with Gasteiger partial charge in [-0.1, -0.05) is 0 Å². The van der Waals surface area contributed by atoms with Crippen molar-refractivity contribution in [1.82, 2.24) is 4.90 Å². The highest BCUT2D eigenvalue weighted by Gasteiger charge is 2.15. The number of carbonyl (C=O) groups is 1. The maximum Gasteiger partial charge on any atom is 0.273 e. The lowest BCUT2D eigenvalue weighted by atomic mass is 10.3. The molecule has 0 N–H and O–H groups in total. The van der Waals surface area contributed by atoms with Crippen LogP contribution in [0.1, 0.15) is 13.8 Å². The van der Waals surface area contributed by atoms with Gasteiger partial charge in [0, 0.05) is 19.2 Å². The third-order valence-electron chi connectivity index (χ3n) is 2.64. The summed E-state index contributed by atoms with van der Waals surface area (Å²) in [5.41, 5.74) is -0.0807. The molecule has 0 fully saturated rings. The first-order valence-electron chi connectivity index (χ1n) is 5.65. The van der Waals surface area contributed by atoms with Crippen LogP contribution in [-0.2, 0) is 4.79 Å². The number of rotatable bonds is 5. The highest BCUT2D eigenvalue weighted by Crippen LogP contribution is 2.29. The van der Waals surface area contributed by atoms with E-state index in [0.717, 1.165) is 0 Å². The number of non-ortho nitro benzene ring substituents is 1. The highest BCUT2D eigenvalue weighted by molar-refractivity contribution is 9.10. The molecular weight excluding hydrogens is 316 g/mol. The molecule has 0 spiro atoms. The summed E-state index contributed by atoms with van der Waals surface area (Å²) in [6.07, 6.45) is 0. The van der Waals surface area contributed by atoms with Crippen LogP contribution in [0, 0.1) is 10.1 Å². The predicted octanol–water partition coefficient (Wildman–Crippen LogP) is 2.60. The van der Waals surface area contributed by atoms with Crippen molar-refractivity contribution in [1.29, 1.82) is 0 Å². The van der Waals surface area contributed by atoms with Crippen LogP contribution in [0.5, 0.6) is 5.75 Å². The number of halogens is 1. The van der Waals surface area contributed by atoms with E-state index in [4.69, 9.17) is 4.74 Å². The fourth-order valence-corrected chi connectivity index (χ4v) is 1.61. The summed E-state index contributed by atoms with van der Waals surface area (Å²) in [5.74, 6) is 0.0908. The molecule has 0 radical (unpaired) electrons. The van der Waals surface area contributed by atoms with Crippen LogP contribution in [0.3, 0.4) is 0 Å². The van der Waals surface area contributed by atoms with Crippen molar-refractivity contribution in [3.05, 3.63) is 32.8 Å². The Hall–Kier alpha value is -1.63. The van der Waals surface area contributed by atoms with E-state index in [1.807, 2.05) is 13.8 Å². The van der Waals surface area contributed by atoms with Crippen molar-refractivity contribution in [2.75, 3.05) is 13.7 Å². The van der Waals surface area contributed by atoms with Gasteiger partial charge in [0.25, 0.3) is 11.6 Å². The zero-order valence-electron chi connectivity index (χ0n) is 10.9. The van der Waals surface area contributed by atoms with E-state index < -0.39 is 4.92 Å². The van der Waals surface area contributed by atoms with Crippen molar-refractivity contribution >= 4 is 27.5 Å². The average molecular weight is 331 g/mol. The molecule has 6 nitrogen and oxygen atoms in total. The Morgan fingerprint density at radius 1 is 1.53 bits per heavy atom. The smallest absolute Gasteiger partial charge is 0.273 e. The van der Waals surface area contributed by atoms with Crippen molar-refractivity contribution < 1.29 is 14.5 Å². The van der Waals surface area contributed by atoms with Gasteiger partial charge >= 0.3 is 0 Å². The molecule has 104 valence electrons. The minimum Gasteiger partial charge on any atom is -0.482 e. The van der Waals surface area contributed by atoms with E-state index in [-0.39, 0.29) is 30.0 Å². The topological polar surface area (TPSA) is 72.7 Å². The molecule has 0 heterocycles. The molecule has 7 heteroatoms. The third kappa shape index (κ3) is 4.20. The molecule has 0 aliphatic heterocycles. The summed E-state index contributed by atoms with van der Waals surface area (Å²) in [7, 11) is 1.68. The summed E-state index contributed by atoms with van der Waals surface area (Å²) in [6, 6.07) is 4.24. The Morgan fingerprint density at radius 3 is 2.68 bits per heavy atom. The largest absolute Gasteiger partial charge is 0.482 e. The quantitative estimate of drug-likeness (QED) is 0.614. The number of ether oxygens (including phenoxy) is 1. The zero-order chi connectivity index (χ0) is 14.6. The number of benzene rings is 1. The molecule has 1 amide bonds. The van der Waals surface area contributed by atoms with Crippen molar-refractivity contribution in [3.8, 4) is 5.75 Å². The lowest BCUT2D eigenvalue weighted by Crippen LogP contribution is -2.36. The lowest BCUT2D eigenvalue weighted by Gasteiger charge is -2.21. The van der Waals surface area contributed by atoms with Gasteiger partial charge in [-0.2, -0.15) is 0 Å². The van der Waals surface area contributed by atoms with Gasteiger partial charge in [0.05, 0.1) is 15.5 Å². The summed E-state index contributed by atoms with van der Waals surface area (Å²) in [5, 5.41) is 10.7. The molecule has 0 saturated heterocycles. The standard InChI is InChI=1S/C12H15BrN2O4/c1-8(2)14(3)12(16)7-19-11-6-9(15(17)18)4-5-10(11)13/h4-6,8H,7H2,1-3H3. The van der Waals surface area contributed by atoms with Crippen molar-refractivity contribution in [2.24, 2.45) is 0 Å². The summed E-state index contributed by atoms with van der Waals surface area (Å²) < 4.78 is 5.89. The van der Waals surface area contributed by atoms with Crippen LogP contribution < -0.4 is 4.74 Å². The second-order valence-electron chi connectivity index (χ2n) is 4.26. The van der Waals surface area contributed by atoms with Gasteiger partial charge in [0.2, 0.25) is 0 Å². The fraction of sp³-hybridized carbons (Fsp3) is 0.417. The van der Waals surface area contributed by atoms with E-state index >= 15 is 0 Å². The van der Waals surface area contributed by atoms with Gasteiger partial charge in [0.15, 0.2) is 6.61 Å². The van der Waals surface area contributed by atoms with E-state index in [9.17, 15) is 14.9 Å². The van der Waals surface area contributed by atoms with E-state index in [0.29, 0.717) is 4.47 Å². The molecule has 19 heavy (non-hydrogen) atoms. The molecule has 0 saturated carbocycles. The Labute approximate surface area is 119 Å². The summed E-state index contributed by atoms with van der Waals surface area (Å²) in [6.45, 7) is 3.62. The van der Waals surface area contributed by atoms with Crippen LogP contribution in [0.2, 0.25) is 0 Å². The van der Waals surface area contributed by atoms with Gasteiger partial charge in [-0.05, 0) is 35.8 Å². The second kappa shape index (κ2) is 6.51. The number of likely N-dealkylation sites (N-methyl/N-ethyl adjacent to an activating group) is 1. The molecule has 0 unspecified atom stereocenters. The Morgan fingerprint density at radius 2 is 2.16 bits per heavy atom. The number of nitro benzene ring substituents is 1. The average Bonchev–Trinajstić information content (AvgIpc) is 2.35. The van der Waals surface area contributed by atoms with Crippen LogP contribution in [-0.4, -0.2) is 35.4 Å². The molecule has 0 aliphatic carbocycles. The molecule has 0 aliphatic rings. The van der Waals surface area contributed by atoms with Gasteiger partial charge < -0.3 is 9.64 Å². The maximum absolute atomic E-state index is 11.7. The van der Waals surface area contributed by atoms with Crippen LogP contribution in [0.25, 0.3) is 0 Å². The van der Waals surface area contributed by atoms with Gasteiger partial charge in [0.1, 0.15) is 5.75 Å². The normalized spacial score (nSPS) is 10.4. The SMILES string of the molecule is CC(C)N(C)C(=O)COc1cc([N+](=O)[O-])ccc1Br.